The van der Waals surface area contributed by atoms with Crippen molar-refractivity contribution in [3.8, 4) is 0 Å². The molecule has 0 bridgehead atoms. The van der Waals surface area contributed by atoms with Gasteiger partial charge in [-0.25, -0.2) is 4.79 Å². The Kier molecular flexibility index (Phi) is 5.67. The van der Waals surface area contributed by atoms with Crippen LogP contribution in [0.25, 0.3) is 0 Å². The van der Waals surface area contributed by atoms with Crippen LogP contribution in [0.5, 0.6) is 0 Å². The Morgan fingerprint density at radius 1 is 1.14 bits per heavy atom. The molecule has 0 aromatic heterocycles. The van der Waals surface area contributed by atoms with Crippen LogP contribution < -0.4 is 0 Å². The summed E-state index contributed by atoms with van der Waals surface area (Å²) in [5.41, 5.74) is 0. The smallest absolute Gasteiger partial charge is 0.325 e. The third-order valence-electron chi connectivity index (χ3n) is 1.80. The molecule has 0 rings (SSSR count). The zero-order chi connectivity index (χ0) is 11.1. The Bertz CT molecular complexity index is 206. The highest BCUT2D eigenvalue weighted by Crippen LogP contribution is 1.94. The fourth-order valence-corrected chi connectivity index (χ4v) is 0.895. The number of likely N-dealkylation sites (N-methyl/N-ethyl adjacent to an activating group) is 1. The number of amides is 2. The van der Waals surface area contributed by atoms with Crippen LogP contribution in [0.15, 0.2) is 0 Å². The van der Waals surface area contributed by atoms with Crippen LogP contribution in [-0.4, -0.2) is 55.6 Å². The van der Waals surface area contributed by atoms with Crippen LogP contribution in [0, 0.1) is 0 Å². The molecule has 0 aliphatic carbocycles. The lowest BCUT2D eigenvalue weighted by Crippen LogP contribution is -2.41. The summed E-state index contributed by atoms with van der Waals surface area (Å²) in [6.45, 7) is 4.56. The largest absolute Gasteiger partial charge is 0.465 e. The second-order valence-electron chi connectivity index (χ2n) is 2.96. The summed E-state index contributed by atoms with van der Waals surface area (Å²) >= 11 is 0. The summed E-state index contributed by atoms with van der Waals surface area (Å²) < 4.78 is 4.72. The van der Waals surface area contributed by atoms with Gasteiger partial charge in [-0.15, -0.1) is 0 Å². The van der Waals surface area contributed by atoms with Gasteiger partial charge in [-0.3, -0.25) is 4.79 Å². The number of nitrogens with zero attached hydrogens (tertiary/aromatic N) is 2. The standard InChI is InChI=1S/C9H18N2O3/c1-5-10(3)9(13)11(4)7-8(12)14-6-2/h5-7H2,1-4H3. The Hall–Kier alpha value is -1.26. The maximum Gasteiger partial charge on any atom is 0.325 e. The van der Waals surface area contributed by atoms with Gasteiger partial charge in [-0.1, -0.05) is 0 Å². The summed E-state index contributed by atoms with van der Waals surface area (Å²) in [6, 6.07) is -0.180. The minimum absolute atomic E-state index is 0.00296. The molecule has 0 aliphatic rings. The molecule has 0 saturated heterocycles. The molecule has 0 aromatic rings. The van der Waals surface area contributed by atoms with Crippen molar-refractivity contribution >= 4 is 12.0 Å². The van der Waals surface area contributed by atoms with Crippen molar-refractivity contribution in [3.05, 3.63) is 0 Å². The molecule has 14 heavy (non-hydrogen) atoms. The molecular formula is C9H18N2O3. The van der Waals surface area contributed by atoms with E-state index in [4.69, 9.17) is 4.74 Å². The lowest BCUT2D eigenvalue weighted by molar-refractivity contribution is -0.143. The summed E-state index contributed by atoms with van der Waals surface area (Å²) in [6.07, 6.45) is 0. The topological polar surface area (TPSA) is 49.9 Å². The predicted molar refractivity (Wildman–Crippen MR) is 53.0 cm³/mol. The normalized spacial score (nSPS) is 9.43. The highest BCUT2D eigenvalue weighted by Gasteiger charge is 2.15. The van der Waals surface area contributed by atoms with E-state index in [1.807, 2.05) is 6.92 Å². The molecule has 2 amide bonds. The Labute approximate surface area is 84.6 Å². The number of carbonyl (C=O) groups excluding carboxylic acids is 2. The first kappa shape index (κ1) is 12.7. The van der Waals surface area contributed by atoms with Crippen LogP contribution in [0.2, 0.25) is 0 Å². The van der Waals surface area contributed by atoms with E-state index in [-0.39, 0.29) is 18.5 Å². The molecule has 0 radical (unpaired) electrons. The molecule has 0 N–H and O–H groups in total. The minimum atomic E-state index is -0.382. The van der Waals surface area contributed by atoms with Crippen LogP contribution in [0.4, 0.5) is 4.79 Å². The van der Waals surface area contributed by atoms with Crippen LogP contribution >= 0.6 is 0 Å². The predicted octanol–water partition coefficient (Wildman–Crippen LogP) is 0.553. The van der Waals surface area contributed by atoms with Gasteiger partial charge in [0, 0.05) is 20.6 Å². The molecule has 0 spiro atoms. The SMILES string of the molecule is CCOC(=O)CN(C)C(=O)N(C)CC. The Morgan fingerprint density at radius 2 is 1.71 bits per heavy atom. The summed E-state index contributed by atoms with van der Waals surface area (Å²) in [5, 5.41) is 0. The molecule has 0 saturated carbocycles. The number of urea groups is 1. The van der Waals surface area contributed by atoms with Gasteiger partial charge in [0.2, 0.25) is 0 Å². The minimum Gasteiger partial charge on any atom is -0.465 e. The maximum atomic E-state index is 11.5. The summed E-state index contributed by atoms with van der Waals surface area (Å²) in [5.74, 6) is -0.382. The van der Waals surface area contributed by atoms with Crippen molar-refractivity contribution in [2.45, 2.75) is 13.8 Å². The van der Waals surface area contributed by atoms with Gasteiger partial charge in [-0.2, -0.15) is 0 Å². The summed E-state index contributed by atoms with van der Waals surface area (Å²) in [7, 11) is 3.26. The molecule has 0 unspecified atom stereocenters. The fraction of sp³-hybridized carbons (Fsp3) is 0.778. The van der Waals surface area contributed by atoms with Crippen LogP contribution in [0.1, 0.15) is 13.8 Å². The average Bonchev–Trinajstić information content (AvgIpc) is 2.15. The van der Waals surface area contributed by atoms with Crippen molar-refractivity contribution < 1.29 is 14.3 Å². The molecule has 0 heterocycles. The first-order valence-corrected chi connectivity index (χ1v) is 4.64. The molecule has 5 nitrogen and oxygen atoms in total. The van der Waals surface area contributed by atoms with E-state index < -0.39 is 0 Å². The lowest BCUT2D eigenvalue weighted by Gasteiger charge is -2.22. The van der Waals surface area contributed by atoms with Crippen molar-refractivity contribution in [1.29, 1.82) is 0 Å². The molecule has 5 heteroatoms. The third kappa shape index (κ3) is 4.11. The number of hydrogen-bond acceptors (Lipinski definition) is 3. The van der Waals surface area contributed by atoms with Crippen molar-refractivity contribution in [1.82, 2.24) is 9.80 Å². The maximum absolute atomic E-state index is 11.5. The number of rotatable bonds is 4. The number of ether oxygens (including phenoxy) is 1. The highest BCUT2D eigenvalue weighted by molar-refractivity contribution is 5.80. The van der Waals surface area contributed by atoms with E-state index in [1.165, 1.54) is 9.80 Å². The average molecular weight is 202 g/mol. The molecule has 0 aliphatic heterocycles. The van der Waals surface area contributed by atoms with Gasteiger partial charge in [0.25, 0.3) is 0 Å². The highest BCUT2D eigenvalue weighted by atomic mass is 16.5. The summed E-state index contributed by atoms with van der Waals surface area (Å²) in [4.78, 5) is 25.4. The number of carbonyl (C=O) groups is 2. The van der Waals surface area contributed by atoms with E-state index in [1.54, 1.807) is 21.0 Å². The van der Waals surface area contributed by atoms with E-state index in [0.717, 1.165) is 0 Å². The zero-order valence-electron chi connectivity index (χ0n) is 9.24. The van der Waals surface area contributed by atoms with Gasteiger partial charge in [0.15, 0.2) is 0 Å². The molecule has 0 fully saturated rings. The quantitative estimate of drug-likeness (QED) is 0.626. The second-order valence-corrected chi connectivity index (χ2v) is 2.96. The lowest BCUT2D eigenvalue weighted by atomic mass is 10.5. The van der Waals surface area contributed by atoms with E-state index >= 15 is 0 Å². The van der Waals surface area contributed by atoms with Gasteiger partial charge < -0.3 is 14.5 Å². The van der Waals surface area contributed by atoms with E-state index in [9.17, 15) is 9.59 Å². The van der Waals surface area contributed by atoms with Crippen molar-refractivity contribution in [2.75, 3.05) is 33.8 Å². The van der Waals surface area contributed by atoms with Crippen molar-refractivity contribution in [2.24, 2.45) is 0 Å². The first-order chi connectivity index (χ1) is 6.52. The number of hydrogen-bond donors (Lipinski definition) is 0. The number of esters is 1. The van der Waals surface area contributed by atoms with Crippen LogP contribution in [0.3, 0.4) is 0 Å². The zero-order valence-corrected chi connectivity index (χ0v) is 9.24. The third-order valence-corrected chi connectivity index (χ3v) is 1.80. The molecule has 0 aromatic carbocycles. The van der Waals surface area contributed by atoms with Gasteiger partial charge >= 0.3 is 12.0 Å². The first-order valence-electron chi connectivity index (χ1n) is 4.64. The van der Waals surface area contributed by atoms with Gasteiger partial charge in [-0.05, 0) is 13.8 Å². The molecular weight excluding hydrogens is 184 g/mol. The Morgan fingerprint density at radius 3 is 2.14 bits per heavy atom. The second kappa shape index (κ2) is 6.23. The van der Waals surface area contributed by atoms with E-state index in [0.29, 0.717) is 13.2 Å². The van der Waals surface area contributed by atoms with Gasteiger partial charge in [0.05, 0.1) is 6.61 Å². The van der Waals surface area contributed by atoms with E-state index in [2.05, 4.69) is 0 Å². The monoisotopic (exact) mass is 202 g/mol. The van der Waals surface area contributed by atoms with Crippen LogP contribution in [-0.2, 0) is 9.53 Å². The molecule has 82 valence electrons. The molecule has 0 atom stereocenters. The fourth-order valence-electron chi connectivity index (χ4n) is 0.895. The van der Waals surface area contributed by atoms with Crippen molar-refractivity contribution in [3.63, 3.8) is 0 Å². The van der Waals surface area contributed by atoms with Gasteiger partial charge in [0.1, 0.15) is 6.54 Å². The Balaban J connectivity index is 4.01.